The zero-order valence-corrected chi connectivity index (χ0v) is 97.3. The van der Waals surface area contributed by atoms with Gasteiger partial charge in [-0.1, -0.05) is 0 Å². The van der Waals surface area contributed by atoms with Gasteiger partial charge in [-0.15, -0.1) is 0 Å². The lowest BCUT2D eigenvalue weighted by atomic mass is 14.0. The average Bonchev–Trinajstić information content (AvgIpc) is 3.03. The van der Waals surface area contributed by atoms with E-state index in [4.69, 9.17) is 333 Å². The smallest absolute Gasteiger partial charge is 0.263 e. The van der Waals surface area contributed by atoms with Crippen LogP contribution in [-0.2, 0) is 506 Å². The van der Waals surface area contributed by atoms with Crippen molar-refractivity contribution in [2.75, 3.05) is 0 Å². The molecule has 130 heteroatoms. The van der Waals surface area contributed by atoms with Crippen molar-refractivity contribution in [3.8, 4) is 0 Å². The molecule has 0 amide bonds. The molecule has 0 radical (unpaired) electrons. The summed E-state index contributed by atoms with van der Waals surface area (Å²) in [5, 5.41) is 0. The third-order valence-electron chi connectivity index (χ3n) is 0. The van der Waals surface area contributed by atoms with E-state index in [1.807, 2.05) is 0 Å². The summed E-state index contributed by atoms with van der Waals surface area (Å²) < 4.78 is 599. The summed E-state index contributed by atoms with van der Waals surface area (Å²) in [4.78, 5) is 0. The van der Waals surface area contributed by atoms with Crippen LogP contribution in [0.3, 0.4) is 0 Å². The second kappa shape index (κ2) is 101. The lowest BCUT2D eigenvalue weighted by molar-refractivity contribution is 0.448. The van der Waals surface area contributed by atoms with Crippen molar-refractivity contribution in [2.24, 2.45) is 0 Å². The summed E-state index contributed by atoms with van der Waals surface area (Å²) in [5.41, 5.74) is 0. The lowest BCUT2D eigenvalue weighted by Gasteiger charge is -1.73. The fourth-order valence-corrected chi connectivity index (χ4v) is 0. The van der Waals surface area contributed by atoms with Crippen LogP contribution >= 0.6 is 0 Å². The largest absolute Gasteiger partial charge is 0.344 e. The van der Waals surface area contributed by atoms with Gasteiger partial charge in [-0.25, -0.2) is 0 Å². The molecule has 0 aromatic heterocycles. The number of hydrogen-bond donors (Lipinski definition) is 55. The molecule has 0 aliphatic carbocycles. The van der Waals surface area contributed by atoms with Gasteiger partial charge in [0.2, 0.25) is 0 Å². The minimum atomic E-state index is -3.83. The normalized spacial score (nSPS) is 11.2. The summed E-state index contributed by atoms with van der Waals surface area (Å²) >= 11 is 86.6. The van der Waals surface area contributed by atoms with E-state index in [1.165, 1.54) is 0 Å². The summed E-state index contributed by atoms with van der Waals surface area (Å²) in [6.45, 7) is 0. The molecule has 0 aromatic carbocycles. The van der Waals surface area contributed by atoms with Crippen molar-refractivity contribution in [1.29, 1.82) is 0 Å². The fourth-order valence-electron chi connectivity index (χ4n) is 0. The van der Waals surface area contributed by atoms with Gasteiger partial charge >= 0.3 is 0 Å². The van der Waals surface area contributed by atoms with Gasteiger partial charge in [0.05, 0.1) is 0 Å². The third-order valence-corrected chi connectivity index (χ3v) is 0. The number of hydrogen-bond acceptors (Lipinski definition) is 55. The van der Waals surface area contributed by atoms with E-state index in [0.717, 1.165) is 0 Å². The molecule has 0 rings (SSSR count). The van der Waals surface area contributed by atoms with Crippen LogP contribution in [-0.4, -0.2) is 333 Å². The van der Waals surface area contributed by atoms with Gasteiger partial charge in [0, 0.05) is 280 Å². The molecule has 0 atom stereocenters. The van der Waals surface area contributed by atoms with Gasteiger partial charge in [0.1, 0.15) is 0 Å². The standard InChI is InChI=1S/5H3N.25H2O3S2/c;;;;;25*1-5(2,3)4/h5*1H3;25*(H2,1,2,3,4). The molecular formula is H65N5O75S50. The molecule has 130 heavy (non-hydrogen) atoms. The van der Waals surface area contributed by atoms with E-state index in [2.05, 4.69) is 280 Å². The number of rotatable bonds is 0. The maximum absolute atomic E-state index is 9.11. The minimum absolute atomic E-state index is 0. The van der Waals surface area contributed by atoms with Crippen molar-refractivity contribution in [3.05, 3.63) is 0 Å². The fraction of sp³-hybridized carbons (Fsp3) is 0. The molecule has 840 valence electrons. The van der Waals surface area contributed by atoms with Crippen LogP contribution in [0.15, 0.2) is 0 Å². The zero-order valence-electron chi connectivity index (χ0n) is 56.5. The maximum atomic E-state index is 9.11. The van der Waals surface area contributed by atoms with Crippen molar-refractivity contribution in [3.63, 3.8) is 0 Å². The first-order valence-corrected chi connectivity index (χ1v) is 77.4. The molecule has 80 nitrogen and oxygen atoms in total. The molecule has 0 heterocycles. The predicted octanol–water partition coefficient (Wildman–Crippen LogP) is -7.22. The van der Waals surface area contributed by atoms with E-state index in [9.17, 15) is 0 Å². The highest BCUT2D eigenvalue weighted by molar-refractivity contribution is 8.33. The molecule has 0 bridgehead atoms. The van der Waals surface area contributed by atoms with Crippen molar-refractivity contribution in [1.82, 2.24) is 30.8 Å². The van der Waals surface area contributed by atoms with Gasteiger partial charge in [-0.2, -0.15) is 105 Å². The quantitative estimate of drug-likeness (QED) is 0.107. The summed E-state index contributed by atoms with van der Waals surface area (Å²) in [7, 11) is -95.8. The Hall–Kier alpha value is 7.05. The van der Waals surface area contributed by atoms with Crippen molar-refractivity contribution >= 4 is 506 Å². The topological polar surface area (TPSA) is 1610 Å². The highest BCUT2D eigenvalue weighted by Crippen LogP contribution is 1.72. The van der Waals surface area contributed by atoms with Gasteiger partial charge in [-0.05, 0) is 0 Å². The molecule has 0 saturated carbocycles. The maximum Gasteiger partial charge on any atom is 0.263 e. The minimum Gasteiger partial charge on any atom is -0.344 e. The summed E-state index contributed by atoms with van der Waals surface area (Å²) in [6.07, 6.45) is 0. The Bertz CT molecular complexity index is 3970. The van der Waals surface area contributed by atoms with Crippen LogP contribution in [0.4, 0.5) is 0 Å². The summed E-state index contributed by atoms with van der Waals surface area (Å²) in [5.74, 6) is 0. The second-order valence-electron chi connectivity index (χ2n) is 11.2. The molecular weight excluding hydrogens is 2870 g/mol. The SMILES string of the molecule is N.N.N.N.N.O=S(O)(O)=S.O=S(O)(O)=S.O=S(O)(O)=S.O=S(O)(O)=S.O=S(O)(O)=S.O=S(O)(O)=S.O=S(O)(O)=S.O=S(O)(O)=S.O=S(O)(O)=S.O=S(O)(O)=S.O=S(O)(O)=S.O=S(O)(O)=S.O=S(O)(O)=S.O=S(O)(O)=S.O=S(O)(O)=S.O=S(O)(O)=S.O=S(O)(O)=S.O=S(O)(O)=S.O=S(O)(O)=S.O=S(O)(O)=S.O=S(O)(O)=S.O=S(O)(O)=S.O=S(O)(O)=S.O=S(O)(O)=S.O=S(O)(O)=S. The van der Waals surface area contributed by atoms with E-state index >= 15 is 0 Å². The zero-order chi connectivity index (χ0) is 112. The Morgan fingerprint density at radius 1 is 0.0692 bits per heavy atom. The second-order valence-corrected chi connectivity index (χ2v) is 66.2. The molecule has 0 aromatic rings. The molecule has 65 N–H and O–H groups in total. The van der Waals surface area contributed by atoms with Crippen LogP contribution < -0.4 is 30.8 Å². The molecule has 0 unspecified atom stereocenters. The van der Waals surface area contributed by atoms with Crippen LogP contribution in [0.5, 0.6) is 0 Å². The molecule has 0 fully saturated rings. The van der Waals surface area contributed by atoms with E-state index in [-0.39, 0.29) is 30.8 Å². The van der Waals surface area contributed by atoms with Crippen molar-refractivity contribution in [2.45, 2.75) is 0 Å². The van der Waals surface area contributed by atoms with E-state index in [1.54, 1.807) is 0 Å². The Kier molecular flexibility index (Phi) is 171. The molecule has 0 spiro atoms. The van der Waals surface area contributed by atoms with Gasteiger partial charge in [0.15, 0.2) is 0 Å². The first kappa shape index (κ1) is 221. The lowest BCUT2D eigenvalue weighted by Crippen LogP contribution is -1.86. The first-order chi connectivity index (χ1) is 50.0. The van der Waals surface area contributed by atoms with Crippen LogP contribution in [0.2, 0.25) is 0 Å². The van der Waals surface area contributed by atoms with E-state index < -0.39 is 226 Å². The van der Waals surface area contributed by atoms with Crippen LogP contribution in [0, 0.1) is 0 Å². The third kappa shape index (κ3) is 48800. The Labute approximate surface area is 856 Å². The van der Waals surface area contributed by atoms with Crippen LogP contribution in [0.1, 0.15) is 0 Å². The van der Waals surface area contributed by atoms with Crippen molar-refractivity contribution < 1.29 is 333 Å². The highest BCUT2D eigenvalue weighted by atomic mass is 32.9. The monoisotopic (exact) mass is 2930 g/mol. The van der Waals surface area contributed by atoms with Gasteiger partial charge in [0.25, 0.3) is 226 Å². The highest BCUT2D eigenvalue weighted by Gasteiger charge is 1.88. The average molecular weight is 2940 g/mol. The molecule has 0 aliphatic heterocycles. The predicted molar refractivity (Wildman–Crippen MR) is 544 cm³/mol. The molecule has 0 saturated heterocycles. The summed E-state index contributed by atoms with van der Waals surface area (Å²) in [6, 6.07) is 0. The van der Waals surface area contributed by atoms with Gasteiger partial charge in [-0.3, -0.25) is 228 Å². The first-order valence-electron chi connectivity index (χ1n) is 17.5. The van der Waals surface area contributed by atoms with E-state index in [0.29, 0.717) is 0 Å². The molecule has 0 aliphatic rings. The van der Waals surface area contributed by atoms with Crippen LogP contribution in [0.25, 0.3) is 0 Å². The Balaban J connectivity index is -0.0000000286. The Morgan fingerprint density at radius 3 is 0.0692 bits per heavy atom. The Morgan fingerprint density at radius 2 is 0.0692 bits per heavy atom. The van der Waals surface area contributed by atoms with Gasteiger partial charge < -0.3 is 30.8 Å².